The Hall–Kier alpha value is -3.56. The highest BCUT2D eigenvalue weighted by molar-refractivity contribution is 5.98. The van der Waals surface area contributed by atoms with E-state index >= 15 is 0 Å². The monoisotopic (exact) mass is 429 g/mol. The van der Waals surface area contributed by atoms with Crippen LogP contribution in [0.1, 0.15) is 16.1 Å². The van der Waals surface area contributed by atoms with E-state index in [1.54, 1.807) is 36.4 Å². The van der Waals surface area contributed by atoms with Crippen molar-refractivity contribution in [3.8, 4) is 11.5 Å². The van der Waals surface area contributed by atoms with Gasteiger partial charge in [0.1, 0.15) is 17.1 Å². The number of fused-ring (bicyclic) bond motifs is 1. The van der Waals surface area contributed by atoms with E-state index in [2.05, 4.69) is 5.32 Å². The SMILES string of the molecule is COCOc1cccc(COC[C@H](NC(=O)c2cc3cc(OC)ccc3o2)C(=O)O)c1. The summed E-state index contributed by atoms with van der Waals surface area (Å²) in [5, 5.41) is 12.5. The summed E-state index contributed by atoms with van der Waals surface area (Å²) in [6.45, 7) is 0.0402. The summed E-state index contributed by atoms with van der Waals surface area (Å²) < 4.78 is 26.4. The molecule has 0 fully saturated rings. The number of benzene rings is 2. The van der Waals surface area contributed by atoms with Crippen LogP contribution >= 0.6 is 0 Å². The highest BCUT2D eigenvalue weighted by atomic mass is 16.7. The molecule has 0 unspecified atom stereocenters. The van der Waals surface area contributed by atoms with Gasteiger partial charge in [-0.05, 0) is 42.0 Å². The van der Waals surface area contributed by atoms with Crippen LogP contribution in [0.4, 0.5) is 0 Å². The maximum atomic E-state index is 12.5. The van der Waals surface area contributed by atoms with Gasteiger partial charge in [0, 0.05) is 12.5 Å². The van der Waals surface area contributed by atoms with Crippen LogP contribution in [0.5, 0.6) is 11.5 Å². The van der Waals surface area contributed by atoms with Crippen molar-refractivity contribution >= 4 is 22.8 Å². The van der Waals surface area contributed by atoms with Gasteiger partial charge in [-0.25, -0.2) is 4.79 Å². The van der Waals surface area contributed by atoms with Crippen LogP contribution in [0.15, 0.2) is 52.9 Å². The second kappa shape index (κ2) is 10.5. The summed E-state index contributed by atoms with van der Waals surface area (Å²) in [7, 11) is 3.06. The molecule has 0 aliphatic rings. The predicted molar refractivity (Wildman–Crippen MR) is 110 cm³/mol. The second-order valence-corrected chi connectivity index (χ2v) is 6.59. The van der Waals surface area contributed by atoms with Crippen LogP contribution in [-0.2, 0) is 20.9 Å². The number of nitrogens with one attached hydrogen (secondary N) is 1. The zero-order valence-corrected chi connectivity index (χ0v) is 17.1. The van der Waals surface area contributed by atoms with Gasteiger partial charge in [0.2, 0.25) is 0 Å². The number of hydrogen-bond donors (Lipinski definition) is 2. The Morgan fingerprint density at radius 2 is 1.94 bits per heavy atom. The highest BCUT2D eigenvalue weighted by Crippen LogP contribution is 2.24. The van der Waals surface area contributed by atoms with Gasteiger partial charge in [-0.1, -0.05) is 12.1 Å². The molecule has 2 aromatic carbocycles. The van der Waals surface area contributed by atoms with Crippen molar-refractivity contribution < 1.29 is 38.1 Å². The average molecular weight is 429 g/mol. The van der Waals surface area contributed by atoms with Crippen molar-refractivity contribution in [1.82, 2.24) is 5.32 Å². The Morgan fingerprint density at radius 3 is 2.68 bits per heavy atom. The van der Waals surface area contributed by atoms with E-state index in [-0.39, 0.29) is 25.8 Å². The molecule has 9 nitrogen and oxygen atoms in total. The zero-order chi connectivity index (χ0) is 22.2. The molecule has 0 spiro atoms. The number of rotatable bonds is 11. The van der Waals surface area contributed by atoms with Crippen LogP contribution in [0.2, 0.25) is 0 Å². The molecule has 0 bridgehead atoms. The fraction of sp³-hybridized carbons (Fsp3) is 0.273. The molecule has 3 aromatic rings. The minimum Gasteiger partial charge on any atom is -0.497 e. The van der Waals surface area contributed by atoms with Crippen molar-refractivity contribution in [2.24, 2.45) is 0 Å². The number of amides is 1. The van der Waals surface area contributed by atoms with E-state index < -0.39 is 17.9 Å². The number of carboxylic acid groups (broad SMARTS) is 1. The first kappa shape index (κ1) is 22.1. The van der Waals surface area contributed by atoms with Crippen molar-refractivity contribution in [3.63, 3.8) is 0 Å². The lowest BCUT2D eigenvalue weighted by Gasteiger charge is -2.14. The topological polar surface area (TPSA) is 116 Å². The summed E-state index contributed by atoms with van der Waals surface area (Å²) >= 11 is 0. The fourth-order valence-electron chi connectivity index (χ4n) is 2.81. The lowest BCUT2D eigenvalue weighted by atomic mass is 10.2. The second-order valence-electron chi connectivity index (χ2n) is 6.59. The number of carboxylic acids is 1. The molecule has 2 N–H and O–H groups in total. The Kier molecular flexibility index (Phi) is 7.47. The van der Waals surface area contributed by atoms with Gasteiger partial charge in [0.15, 0.2) is 18.6 Å². The van der Waals surface area contributed by atoms with Gasteiger partial charge < -0.3 is 33.8 Å². The lowest BCUT2D eigenvalue weighted by Crippen LogP contribution is -2.43. The minimum absolute atomic E-state index is 0.00232. The van der Waals surface area contributed by atoms with Crippen LogP contribution in [0, 0.1) is 0 Å². The summed E-state index contributed by atoms with van der Waals surface area (Å²) in [6, 6.07) is 12.5. The Balaban J connectivity index is 1.58. The zero-order valence-electron chi connectivity index (χ0n) is 17.1. The van der Waals surface area contributed by atoms with Crippen molar-refractivity contribution in [1.29, 1.82) is 0 Å². The minimum atomic E-state index is -1.25. The van der Waals surface area contributed by atoms with E-state index in [9.17, 15) is 14.7 Å². The van der Waals surface area contributed by atoms with Crippen molar-refractivity contribution in [2.45, 2.75) is 12.6 Å². The van der Waals surface area contributed by atoms with Crippen LogP contribution < -0.4 is 14.8 Å². The molecule has 1 amide bonds. The summed E-state index contributed by atoms with van der Waals surface area (Å²) in [6.07, 6.45) is 0. The Morgan fingerprint density at radius 1 is 1.10 bits per heavy atom. The summed E-state index contributed by atoms with van der Waals surface area (Å²) in [5.74, 6) is -0.650. The van der Waals surface area contributed by atoms with Gasteiger partial charge >= 0.3 is 5.97 Å². The normalized spacial score (nSPS) is 11.8. The molecule has 1 atom stereocenters. The molecule has 0 saturated heterocycles. The molecule has 0 aliphatic carbocycles. The van der Waals surface area contributed by atoms with Gasteiger partial charge in [-0.2, -0.15) is 0 Å². The first-order chi connectivity index (χ1) is 15.0. The third-order valence-corrected chi connectivity index (χ3v) is 4.35. The quantitative estimate of drug-likeness (QED) is 0.447. The lowest BCUT2D eigenvalue weighted by molar-refractivity contribution is -0.141. The fourth-order valence-corrected chi connectivity index (χ4v) is 2.81. The summed E-state index contributed by atoms with van der Waals surface area (Å²) in [5.41, 5.74) is 1.28. The molecule has 9 heteroatoms. The number of carbonyl (C=O) groups is 2. The largest absolute Gasteiger partial charge is 0.497 e. The first-order valence-corrected chi connectivity index (χ1v) is 9.40. The molecular weight excluding hydrogens is 406 g/mol. The van der Waals surface area contributed by atoms with Gasteiger partial charge in [-0.3, -0.25) is 4.79 Å². The molecule has 0 aliphatic heterocycles. The molecule has 1 heterocycles. The standard InChI is InChI=1S/C22H23NO8/c1-27-13-30-17-5-3-4-14(8-17)11-29-12-18(22(25)26)23-21(24)20-10-15-9-16(28-2)6-7-19(15)31-20/h3-10,18H,11-13H2,1-2H3,(H,23,24)(H,25,26)/t18-/m0/s1. The number of furan rings is 1. The smallest absolute Gasteiger partial charge is 0.328 e. The maximum absolute atomic E-state index is 12.5. The molecule has 0 radical (unpaired) electrons. The molecule has 3 rings (SSSR count). The molecular formula is C22H23NO8. The maximum Gasteiger partial charge on any atom is 0.328 e. The average Bonchev–Trinajstić information content (AvgIpc) is 3.20. The summed E-state index contributed by atoms with van der Waals surface area (Å²) in [4.78, 5) is 24.0. The van der Waals surface area contributed by atoms with Gasteiger partial charge in [0.25, 0.3) is 5.91 Å². The Labute approximate surface area is 178 Å². The third-order valence-electron chi connectivity index (χ3n) is 4.35. The number of methoxy groups -OCH3 is 2. The predicted octanol–water partition coefficient (Wildman–Crippen LogP) is 2.82. The molecule has 164 valence electrons. The van der Waals surface area contributed by atoms with Crippen molar-refractivity contribution in [3.05, 3.63) is 59.9 Å². The van der Waals surface area contributed by atoms with E-state index in [0.717, 1.165) is 5.56 Å². The van der Waals surface area contributed by atoms with Crippen molar-refractivity contribution in [2.75, 3.05) is 27.6 Å². The van der Waals surface area contributed by atoms with E-state index in [1.807, 2.05) is 6.07 Å². The van der Waals surface area contributed by atoms with E-state index in [0.29, 0.717) is 22.5 Å². The Bertz CT molecular complexity index is 1040. The first-order valence-electron chi connectivity index (χ1n) is 9.40. The molecule has 0 saturated carbocycles. The van der Waals surface area contributed by atoms with Gasteiger partial charge in [-0.15, -0.1) is 0 Å². The third kappa shape index (κ3) is 5.97. The number of aliphatic carboxylic acids is 1. The van der Waals surface area contributed by atoms with Crippen LogP contribution in [0.25, 0.3) is 11.0 Å². The van der Waals surface area contributed by atoms with E-state index in [1.165, 1.54) is 20.3 Å². The van der Waals surface area contributed by atoms with Gasteiger partial charge in [0.05, 0.1) is 20.3 Å². The molecule has 1 aromatic heterocycles. The number of hydrogen-bond acceptors (Lipinski definition) is 7. The van der Waals surface area contributed by atoms with Crippen LogP contribution in [-0.4, -0.2) is 50.6 Å². The molecule has 31 heavy (non-hydrogen) atoms. The van der Waals surface area contributed by atoms with E-state index in [4.69, 9.17) is 23.4 Å². The number of carbonyl (C=O) groups excluding carboxylic acids is 1. The van der Waals surface area contributed by atoms with Crippen LogP contribution in [0.3, 0.4) is 0 Å². The highest BCUT2D eigenvalue weighted by Gasteiger charge is 2.23. The number of ether oxygens (including phenoxy) is 4.